The molecule has 0 radical (unpaired) electrons. The van der Waals surface area contributed by atoms with Crippen molar-refractivity contribution in [2.45, 2.75) is 19.9 Å². The number of aliphatic imine (C=N–C) groups is 1. The average Bonchev–Trinajstić information content (AvgIpc) is 2.93. The number of amides is 1. The van der Waals surface area contributed by atoms with Gasteiger partial charge in [-0.2, -0.15) is 10.1 Å². The number of rotatable bonds is 6. The summed E-state index contributed by atoms with van der Waals surface area (Å²) in [5.74, 6) is 0.746. The van der Waals surface area contributed by atoms with E-state index in [1.807, 2.05) is 24.8 Å². The van der Waals surface area contributed by atoms with Crippen LogP contribution in [-0.4, -0.2) is 79.6 Å². The first-order valence-electron chi connectivity index (χ1n) is 8.03. The van der Waals surface area contributed by atoms with Crippen LogP contribution in [0, 0.1) is 6.92 Å². The predicted octanol–water partition coefficient (Wildman–Crippen LogP) is -0.0307. The Morgan fingerprint density at radius 3 is 2.92 bits per heavy atom. The number of carbonyl (C=O) groups excluding carboxylic acids is 1. The summed E-state index contributed by atoms with van der Waals surface area (Å²) in [5, 5.41) is 13.1. The SMILES string of the molecule is COCC(C)N/C(=N/C(=O)CN1CCOCC1)Nc1cc(C)[nH]n1. The average molecular weight is 338 g/mol. The van der Waals surface area contributed by atoms with E-state index in [-0.39, 0.29) is 18.5 Å². The van der Waals surface area contributed by atoms with Crippen molar-refractivity contribution in [1.29, 1.82) is 0 Å². The number of hydrogen-bond donors (Lipinski definition) is 3. The molecule has 1 aromatic heterocycles. The summed E-state index contributed by atoms with van der Waals surface area (Å²) < 4.78 is 10.4. The normalized spacial score (nSPS) is 17.5. The summed E-state index contributed by atoms with van der Waals surface area (Å²) in [4.78, 5) is 18.4. The zero-order valence-electron chi connectivity index (χ0n) is 14.5. The lowest BCUT2D eigenvalue weighted by Gasteiger charge is -2.25. The smallest absolute Gasteiger partial charge is 0.263 e. The third-order valence-electron chi connectivity index (χ3n) is 3.45. The van der Waals surface area contributed by atoms with E-state index >= 15 is 0 Å². The van der Waals surface area contributed by atoms with Gasteiger partial charge < -0.3 is 20.1 Å². The highest BCUT2D eigenvalue weighted by Gasteiger charge is 2.15. The van der Waals surface area contributed by atoms with E-state index in [0.29, 0.717) is 31.6 Å². The molecule has 0 aromatic carbocycles. The maximum atomic E-state index is 12.2. The van der Waals surface area contributed by atoms with Gasteiger partial charge in [0.15, 0.2) is 5.82 Å². The minimum absolute atomic E-state index is 0.00234. The highest BCUT2D eigenvalue weighted by Crippen LogP contribution is 2.04. The van der Waals surface area contributed by atoms with Crippen molar-refractivity contribution in [3.8, 4) is 0 Å². The topological polar surface area (TPSA) is 104 Å². The molecule has 1 amide bonds. The lowest BCUT2D eigenvalue weighted by atomic mass is 10.3. The second-order valence-corrected chi connectivity index (χ2v) is 5.80. The number of aromatic amines is 1. The van der Waals surface area contributed by atoms with E-state index < -0.39 is 0 Å². The van der Waals surface area contributed by atoms with Crippen LogP contribution in [0.3, 0.4) is 0 Å². The van der Waals surface area contributed by atoms with E-state index in [2.05, 4.69) is 25.8 Å². The summed E-state index contributed by atoms with van der Waals surface area (Å²) in [6, 6.07) is 1.84. The monoisotopic (exact) mass is 338 g/mol. The molecule has 1 aliphatic rings. The molecule has 2 rings (SSSR count). The molecule has 134 valence electrons. The van der Waals surface area contributed by atoms with E-state index in [0.717, 1.165) is 18.8 Å². The second-order valence-electron chi connectivity index (χ2n) is 5.80. The minimum atomic E-state index is -0.219. The molecule has 2 heterocycles. The molecule has 0 spiro atoms. The van der Waals surface area contributed by atoms with Crippen molar-refractivity contribution < 1.29 is 14.3 Å². The van der Waals surface area contributed by atoms with Crippen LogP contribution in [-0.2, 0) is 14.3 Å². The van der Waals surface area contributed by atoms with Crippen molar-refractivity contribution in [2.75, 3.05) is 51.9 Å². The van der Waals surface area contributed by atoms with E-state index in [4.69, 9.17) is 9.47 Å². The minimum Gasteiger partial charge on any atom is -0.383 e. The first-order chi connectivity index (χ1) is 11.6. The lowest BCUT2D eigenvalue weighted by Crippen LogP contribution is -2.42. The van der Waals surface area contributed by atoms with Gasteiger partial charge in [0.05, 0.1) is 26.4 Å². The molecule has 9 nitrogen and oxygen atoms in total. The first-order valence-corrected chi connectivity index (χ1v) is 8.03. The second kappa shape index (κ2) is 9.36. The molecule has 3 N–H and O–H groups in total. The van der Waals surface area contributed by atoms with Crippen molar-refractivity contribution in [2.24, 2.45) is 4.99 Å². The van der Waals surface area contributed by atoms with Gasteiger partial charge in [-0.1, -0.05) is 0 Å². The van der Waals surface area contributed by atoms with Crippen LogP contribution in [0.1, 0.15) is 12.6 Å². The van der Waals surface area contributed by atoms with Gasteiger partial charge in [-0.05, 0) is 13.8 Å². The molecule has 1 atom stereocenters. The molecule has 9 heteroatoms. The van der Waals surface area contributed by atoms with Crippen LogP contribution >= 0.6 is 0 Å². The Bertz CT molecular complexity index is 553. The number of methoxy groups -OCH3 is 1. The summed E-state index contributed by atoms with van der Waals surface area (Å²) in [6.45, 7) is 7.41. The molecule has 1 aliphatic heterocycles. The number of hydrogen-bond acceptors (Lipinski definition) is 5. The van der Waals surface area contributed by atoms with Gasteiger partial charge in [0, 0.05) is 38.0 Å². The highest BCUT2D eigenvalue weighted by molar-refractivity contribution is 6.01. The van der Waals surface area contributed by atoms with Crippen LogP contribution in [0.25, 0.3) is 0 Å². The van der Waals surface area contributed by atoms with Crippen LogP contribution in [0.15, 0.2) is 11.1 Å². The van der Waals surface area contributed by atoms with Gasteiger partial charge >= 0.3 is 0 Å². The largest absolute Gasteiger partial charge is 0.383 e. The van der Waals surface area contributed by atoms with E-state index in [1.54, 1.807) is 7.11 Å². The highest BCUT2D eigenvalue weighted by atomic mass is 16.5. The maximum Gasteiger partial charge on any atom is 0.263 e. The van der Waals surface area contributed by atoms with Crippen molar-refractivity contribution in [3.05, 3.63) is 11.8 Å². The fraction of sp³-hybridized carbons (Fsp3) is 0.667. The van der Waals surface area contributed by atoms with Gasteiger partial charge in [-0.25, -0.2) is 0 Å². The number of aryl methyl sites for hydroxylation is 1. The lowest BCUT2D eigenvalue weighted by molar-refractivity contribution is -0.119. The quantitative estimate of drug-likeness (QED) is 0.494. The number of aromatic nitrogens is 2. The van der Waals surface area contributed by atoms with Gasteiger partial charge in [0.2, 0.25) is 5.96 Å². The number of ether oxygens (including phenoxy) is 2. The number of H-pyrrole nitrogens is 1. The van der Waals surface area contributed by atoms with Crippen molar-refractivity contribution in [1.82, 2.24) is 20.4 Å². The van der Waals surface area contributed by atoms with Crippen LogP contribution in [0.5, 0.6) is 0 Å². The van der Waals surface area contributed by atoms with Gasteiger partial charge in [-0.15, -0.1) is 0 Å². The Morgan fingerprint density at radius 1 is 1.54 bits per heavy atom. The summed E-state index contributed by atoms with van der Waals surface area (Å²) in [6.07, 6.45) is 0. The summed E-state index contributed by atoms with van der Waals surface area (Å²) in [5.41, 5.74) is 0.918. The maximum absolute atomic E-state index is 12.2. The molecule has 1 fully saturated rings. The predicted molar refractivity (Wildman–Crippen MR) is 91.1 cm³/mol. The number of nitrogens with one attached hydrogen (secondary N) is 3. The van der Waals surface area contributed by atoms with E-state index in [1.165, 1.54) is 0 Å². The molecule has 1 aromatic rings. The summed E-state index contributed by atoms with van der Waals surface area (Å²) >= 11 is 0. The Morgan fingerprint density at radius 2 is 2.29 bits per heavy atom. The molecule has 1 saturated heterocycles. The Labute approximate surface area is 141 Å². The number of guanidine groups is 1. The summed E-state index contributed by atoms with van der Waals surface area (Å²) in [7, 11) is 1.63. The molecule has 1 unspecified atom stereocenters. The number of carbonyl (C=O) groups is 1. The third kappa shape index (κ3) is 6.26. The van der Waals surface area contributed by atoms with Crippen LogP contribution < -0.4 is 10.6 Å². The Kier molecular flexibility index (Phi) is 7.16. The van der Waals surface area contributed by atoms with Crippen molar-refractivity contribution >= 4 is 17.7 Å². The van der Waals surface area contributed by atoms with Crippen LogP contribution in [0.2, 0.25) is 0 Å². The van der Waals surface area contributed by atoms with Gasteiger partial charge in [0.25, 0.3) is 5.91 Å². The third-order valence-corrected chi connectivity index (χ3v) is 3.45. The number of anilines is 1. The molecular weight excluding hydrogens is 312 g/mol. The Hall–Kier alpha value is -1.97. The van der Waals surface area contributed by atoms with E-state index in [9.17, 15) is 4.79 Å². The van der Waals surface area contributed by atoms with Crippen LogP contribution in [0.4, 0.5) is 5.82 Å². The molecule has 0 saturated carbocycles. The Balaban J connectivity index is 2.00. The molecular formula is C15H26N6O3. The standard InChI is InChI=1S/C15H26N6O3/c1-11-8-13(20-19-11)17-15(16-12(2)10-23-3)18-14(22)9-21-4-6-24-7-5-21/h8,12H,4-7,9-10H2,1-3H3,(H3,16,17,18,19,20,22). The van der Waals surface area contributed by atoms with Crippen molar-refractivity contribution in [3.63, 3.8) is 0 Å². The zero-order valence-corrected chi connectivity index (χ0v) is 14.5. The van der Waals surface area contributed by atoms with Gasteiger partial charge in [-0.3, -0.25) is 14.8 Å². The zero-order chi connectivity index (χ0) is 17.4. The number of nitrogens with zero attached hydrogens (tertiary/aromatic N) is 3. The molecule has 0 bridgehead atoms. The first kappa shape index (κ1) is 18.4. The molecule has 24 heavy (non-hydrogen) atoms. The number of morpholine rings is 1. The fourth-order valence-electron chi connectivity index (χ4n) is 2.34. The molecule has 0 aliphatic carbocycles. The fourth-order valence-corrected chi connectivity index (χ4v) is 2.34. The van der Waals surface area contributed by atoms with Gasteiger partial charge in [0.1, 0.15) is 0 Å².